The topological polar surface area (TPSA) is 125 Å². The van der Waals surface area contributed by atoms with Gasteiger partial charge in [0.05, 0.1) is 5.75 Å². The lowest BCUT2D eigenvalue weighted by molar-refractivity contribution is -0.140. The summed E-state index contributed by atoms with van der Waals surface area (Å²) in [4.78, 5) is 22.1. The van der Waals surface area contributed by atoms with E-state index in [4.69, 9.17) is 5.11 Å². The molecule has 0 radical (unpaired) electrons. The van der Waals surface area contributed by atoms with Gasteiger partial charge >= 0.3 is 12.0 Å². The molecule has 0 aliphatic rings. The standard InChI is InChI=1S/C9H19N3O5S/c1-6(2)7(8(13)14)12-9(15)11-4-5-18(16,17)10-3/h6-7,10H,4-5H2,1-3H3,(H,13,14)(H2,11,12,15)/t7-/m0/s1. The van der Waals surface area contributed by atoms with E-state index in [0.29, 0.717) is 0 Å². The fourth-order valence-corrected chi connectivity index (χ4v) is 1.68. The number of amides is 2. The first kappa shape index (κ1) is 16.6. The van der Waals surface area contributed by atoms with E-state index in [9.17, 15) is 18.0 Å². The van der Waals surface area contributed by atoms with Crippen molar-refractivity contribution in [3.8, 4) is 0 Å². The molecular weight excluding hydrogens is 262 g/mol. The third kappa shape index (κ3) is 6.40. The molecule has 9 heteroatoms. The molecular formula is C9H19N3O5S. The number of carbonyl (C=O) groups is 2. The summed E-state index contributed by atoms with van der Waals surface area (Å²) in [6.07, 6.45) is 0. The zero-order valence-corrected chi connectivity index (χ0v) is 11.4. The van der Waals surface area contributed by atoms with Gasteiger partial charge in [0.25, 0.3) is 0 Å². The summed E-state index contributed by atoms with van der Waals surface area (Å²) in [6.45, 7) is 3.22. The summed E-state index contributed by atoms with van der Waals surface area (Å²) in [7, 11) is -2.11. The minimum atomic E-state index is -3.39. The molecule has 0 aliphatic carbocycles. The number of carboxylic acid groups (broad SMARTS) is 1. The fraction of sp³-hybridized carbons (Fsp3) is 0.778. The number of hydrogen-bond acceptors (Lipinski definition) is 4. The highest BCUT2D eigenvalue weighted by molar-refractivity contribution is 7.89. The first-order valence-corrected chi connectivity index (χ1v) is 7.03. The molecule has 0 spiro atoms. The van der Waals surface area contributed by atoms with Crippen molar-refractivity contribution in [1.29, 1.82) is 0 Å². The van der Waals surface area contributed by atoms with Crippen LogP contribution < -0.4 is 15.4 Å². The number of sulfonamides is 1. The first-order chi connectivity index (χ1) is 8.19. The van der Waals surface area contributed by atoms with Crippen molar-refractivity contribution in [2.45, 2.75) is 19.9 Å². The van der Waals surface area contributed by atoms with Crippen LogP contribution in [-0.2, 0) is 14.8 Å². The number of carbonyl (C=O) groups excluding carboxylic acids is 1. The quantitative estimate of drug-likeness (QED) is 0.473. The maximum Gasteiger partial charge on any atom is 0.326 e. The molecule has 0 unspecified atom stereocenters. The molecule has 0 saturated heterocycles. The number of aliphatic carboxylic acids is 1. The summed E-state index contributed by atoms with van der Waals surface area (Å²) in [5.41, 5.74) is 0. The summed E-state index contributed by atoms with van der Waals surface area (Å²) in [6, 6.07) is -1.71. The molecule has 0 saturated carbocycles. The van der Waals surface area contributed by atoms with Crippen LogP contribution in [0.5, 0.6) is 0 Å². The molecule has 0 aromatic rings. The van der Waals surface area contributed by atoms with Gasteiger partial charge in [0, 0.05) is 6.54 Å². The number of carboxylic acids is 1. The second-order valence-electron chi connectivity index (χ2n) is 3.98. The Morgan fingerprint density at radius 3 is 2.22 bits per heavy atom. The number of nitrogens with one attached hydrogen (secondary N) is 3. The van der Waals surface area contributed by atoms with Crippen LogP contribution in [0.3, 0.4) is 0 Å². The van der Waals surface area contributed by atoms with Gasteiger partial charge in [-0.1, -0.05) is 13.8 Å². The van der Waals surface area contributed by atoms with Crippen LogP contribution >= 0.6 is 0 Å². The highest BCUT2D eigenvalue weighted by Gasteiger charge is 2.23. The van der Waals surface area contributed by atoms with Crippen LogP contribution in [-0.4, -0.2) is 50.9 Å². The molecule has 0 heterocycles. The molecule has 2 amide bonds. The number of rotatable bonds is 7. The van der Waals surface area contributed by atoms with Gasteiger partial charge in [-0.15, -0.1) is 0 Å². The third-order valence-corrected chi connectivity index (χ3v) is 3.55. The minimum absolute atomic E-state index is 0.0978. The average Bonchev–Trinajstić information content (AvgIpc) is 2.24. The Kier molecular flexibility index (Phi) is 6.63. The van der Waals surface area contributed by atoms with Crippen LogP contribution in [0.2, 0.25) is 0 Å². The van der Waals surface area contributed by atoms with Gasteiger partial charge < -0.3 is 15.7 Å². The fourth-order valence-electron chi connectivity index (χ4n) is 1.11. The van der Waals surface area contributed by atoms with Gasteiger partial charge in [0.1, 0.15) is 6.04 Å². The van der Waals surface area contributed by atoms with Crippen LogP contribution in [0.25, 0.3) is 0 Å². The number of hydrogen-bond donors (Lipinski definition) is 4. The van der Waals surface area contributed by atoms with E-state index < -0.39 is 28.1 Å². The van der Waals surface area contributed by atoms with Gasteiger partial charge in [-0.05, 0) is 13.0 Å². The van der Waals surface area contributed by atoms with E-state index in [1.165, 1.54) is 7.05 Å². The van der Waals surface area contributed by atoms with Crippen molar-refractivity contribution in [1.82, 2.24) is 15.4 Å². The molecule has 1 atom stereocenters. The van der Waals surface area contributed by atoms with Crippen molar-refractivity contribution in [2.75, 3.05) is 19.3 Å². The molecule has 0 aromatic heterocycles. The van der Waals surface area contributed by atoms with Gasteiger partial charge in [-0.25, -0.2) is 22.7 Å². The van der Waals surface area contributed by atoms with Crippen molar-refractivity contribution in [3.63, 3.8) is 0 Å². The van der Waals surface area contributed by atoms with Gasteiger partial charge in [-0.2, -0.15) is 0 Å². The monoisotopic (exact) mass is 281 g/mol. The molecule has 106 valence electrons. The lowest BCUT2D eigenvalue weighted by Crippen LogP contribution is -2.49. The summed E-state index contributed by atoms with van der Waals surface area (Å²) in [5.74, 6) is -1.67. The Hall–Kier alpha value is -1.35. The predicted molar refractivity (Wildman–Crippen MR) is 65.6 cm³/mol. The maximum atomic E-state index is 11.3. The lowest BCUT2D eigenvalue weighted by Gasteiger charge is -2.18. The van der Waals surface area contributed by atoms with Crippen molar-refractivity contribution in [3.05, 3.63) is 0 Å². The molecule has 0 aromatic carbocycles. The van der Waals surface area contributed by atoms with E-state index in [2.05, 4.69) is 15.4 Å². The maximum absolute atomic E-state index is 11.3. The Morgan fingerprint density at radius 2 is 1.83 bits per heavy atom. The highest BCUT2D eigenvalue weighted by Crippen LogP contribution is 2.00. The van der Waals surface area contributed by atoms with Crippen molar-refractivity contribution in [2.24, 2.45) is 5.92 Å². The molecule has 0 bridgehead atoms. The van der Waals surface area contributed by atoms with Crippen molar-refractivity contribution < 1.29 is 23.1 Å². The Labute approximate surface area is 106 Å². The molecule has 0 aliphatic heterocycles. The van der Waals surface area contributed by atoms with Crippen LogP contribution in [0.4, 0.5) is 4.79 Å². The zero-order valence-electron chi connectivity index (χ0n) is 10.6. The summed E-state index contributed by atoms with van der Waals surface area (Å²) >= 11 is 0. The van der Waals surface area contributed by atoms with E-state index in [-0.39, 0.29) is 18.2 Å². The SMILES string of the molecule is CNS(=O)(=O)CCNC(=O)N[C@H](C(=O)O)C(C)C. The molecule has 0 fully saturated rings. The predicted octanol–water partition coefficient (Wildman–Crippen LogP) is -1.06. The van der Waals surface area contributed by atoms with E-state index in [1.54, 1.807) is 13.8 Å². The largest absolute Gasteiger partial charge is 0.480 e. The lowest BCUT2D eigenvalue weighted by atomic mass is 10.1. The Bertz CT molecular complexity index is 393. The van der Waals surface area contributed by atoms with E-state index in [0.717, 1.165) is 0 Å². The number of urea groups is 1. The van der Waals surface area contributed by atoms with E-state index in [1.807, 2.05) is 0 Å². The molecule has 8 nitrogen and oxygen atoms in total. The Balaban J connectivity index is 4.16. The third-order valence-electron chi connectivity index (χ3n) is 2.19. The molecule has 18 heavy (non-hydrogen) atoms. The smallest absolute Gasteiger partial charge is 0.326 e. The molecule has 0 rings (SSSR count). The van der Waals surface area contributed by atoms with E-state index >= 15 is 0 Å². The van der Waals surface area contributed by atoms with Crippen molar-refractivity contribution >= 4 is 22.0 Å². The second kappa shape index (κ2) is 7.17. The van der Waals surface area contributed by atoms with Gasteiger partial charge in [0.15, 0.2) is 0 Å². The van der Waals surface area contributed by atoms with Crippen LogP contribution in [0.1, 0.15) is 13.8 Å². The van der Waals surface area contributed by atoms with Crippen LogP contribution in [0.15, 0.2) is 0 Å². The average molecular weight is 281 g/mol. The Morgan fingerprint density at radius 1 is 1.28 bits per heavy atom. The normalized spacial score (nSPS) is 13.1. The second-order valence-corrected chi connectivity index (χ2v) is 6.03. The molecule has 4 N–H and O–H groups in total. The van der Waals surface area contributed by atoms with Crippen LogP contribution in [0, 0.1) is 5.92 Å². The summed E-state index contributed by atoms with van der Waals surface area (Å²) < 4.78 is 24.2. The minimum Gasteiger partial charge on any atom is -0.480 e. The first-order valence-electron chi connectivity index (χ1n) is 5.38. The highest BCUT2D eigenvalue weighted by atomic mass is 32.2. The van der Waals surface area contributed by atoms with Gasteiger partial charge in [0.2, 0.25) is 10.0 Å². The van der Waals surface area contributed by atoms with Gasteiger partial charge in [-0.3, -0.25) is 0 Å². The zero-order chi connectivity index (χ0) is 14.3. The summed E-state index contributed by atoms with van der Waals surface area (Å²) in [5, 5.41) is 13.4.